The molecule has 0 fully saturated rings. The highest BCUT2D eigenvalue weighted by Crippen LogP contribution is 2.17. The van der Waals surface area contributed by atoms with Crippen molar-refractivity contribution in [3.63, 3.8) is 0 Å². The van der Waals surface area contributed by atoms with E-state index < -0.39 is 18.0 Å². The fraction of sp³-hybridized carbons (Fsp3) is 0.231. The number of nitrogens with one attached hydrogen (secondary N) is 1. The lowest BCUT2D eigenvalue weighted by molar-refractivity contribution is -0.152. The maximum absolute atomic E-state index is 12.9. The Hall–Kier alpha value is -4.20. The van der Waals surface area contributed by atoms with E-state index in [1.807, 2.05) is 0 Å². The minimum Gasteiger partial charge on any atom is -0.464 e. The standard InChI is InChI=1S/C26H29N3O5/c1-5-15-29(18(4)25(31)33-6-2)24(30)17(3)16-19-7-9-21(10-8-19)26(32)34-22-13-11-20(12-14-22)23(27)28/h5,7-14,16,18H,1,6,15H2,2-4H3,(H3,27,28)/t18-/m0/s1. The van der Waals surface area contributed by atoms with E-state index in [0.29, 0.717) is 28.0 Å². The second-order valence-corrected chi connectivity index (χ2v) is 7.45. The Balaban J connectivity index is 2.11. The van der Waals surface area contributed by atoms with Gasteiger partial charge in [0.15, 0.2) is 0 Å². The van der Waals surface area contributed by atoms with Crippen LogP contribution in [0.5, 0.6) is 5.75 Å². The summed E-state index contributed by atoms with van der Waals surface area (Å²) < 4.78 is 10.4. The molecule has 0 spiro atoms. The molecule has 8 nitrogen and oxygen atoms in total. The van der Waals surface area contributed by atoms with Gasteiger partial charge in [0.2, 0.25) is 0 Å². The Kier molecular flexibility index (Phi) is 9.31. The minimum atomic E-state index is -0.754. The number of hydrogen-bond donors (Lipinski definition) is 2. The van der Waals surface area contributed by atoms with Gasteiger partial charge < -0.3 is 20.1 Å². The number of carbonyl (C=O) groups is 3. The number of nitrogens with zero attached hydrogens (tertiary/aromatic N) is 1. The molecule has 2 rings (SSSR count). The molecule has 2 aromatic rings. The van der Waals surface area contributed by atoms with Crippen LogP contribution >= 0.6 is 0 Å². The largest absolute Gasteiger partial charge is 0.464 e. The molecule has 0 saturated carbocycles. The average Bonchev–Trinajstić information content (AvgIpc) is 2.82. The molecule has 1 atom stereocenters. The van der Waals surface area contributed by atoms with Crippen LogP contribution in [-0.4, -0.2) is 47.8 Å². The van der Waals surface area contributed by atoms with Gasteiger partial charge in [-0.1, -0.05) is 18.2 Å². The first kappa shape index (κ1) is 26.1. The average molecular weight is 464 g/mol. The molecule has 0 unspecified atom stereocenters. The van der Waals surface area contributed by atoms with E-state index in [9.17, 15) is 14.4 Å². The van der Waals surface area contributed by atoms with Gasteiger partial charge in [0.1, 0.15) is 17.6 Å². The molecule has 0 aliphatic rings. The molecular formula is C26H29N3O5. The van der Waals surface area contributed by atoms with Crippen LogP contribution in [0.4, 0.5) is 0 Å². The second kappa shape index (κ2) is 12.2. The predicted molar refractivity (Wildman–Crippen MR) is 131 cm³/mol. The number of ether oxygens (including phenoxy) is 2. The van der Waals surface area contributed by atoms with E-state index in [2.05, 4.69) is 6.58 Å². The fourth-order valence-corrected chi connectivity index (χ4v) is 3.07. The van der Waals surface area contributed by atoms with Gasteiger partial charge in [0.05, 0.1) is 12.2 Å². The van der Waals surface area contributed by atoms with Gasteiger partial charge in [0, 0.05) is 17.7 Å². The zero-order valence-electron chi connectivity index (χ0n) is 19.5. The van der Waals surface area contributed by atoms with Crippen molar-refractivity contribution in [2.75, 3.05) is 13.2 Å². The molecule has 0 radical (unpaired) electrons. The molecule has 0 aliphatic heterocycles. The molecule has 0 aliphatic carbocycles. The molecule has 0 saturated heterocycles. The highest BCUT2D eigenvalue weighted by atomic mass is 16.5. The number of rotatable bonds is 10. The zero-order chi connectivity index (χ0) is 25.3. The summed E-state index contributed by atoms with van der Waals surface area (Å²) in [4.78, 5) is 38.8. The molecule has 0 bridgehead atoms. The van der Waals surface area contributed by atoms with Crippen LogP contribution in [0.2, 0.25) is 0 Å². The molecule has 34 heavy (non-hydrogen) atoms. The van der Waals surface area contributed by atoms with Crippen LogP contribution in [0, 0.1) is 5.41 Å². The van der Waals surface area contributed by atoms with Crippen LogP contribution in [-0.2, 0) is 14.3 Å². The zero-order valence-corrected chi connectivity index (χ0v) is 19.5. The molecule has 0 heterocycles. The number of amides is 1. The summed E-state index contributed by atoms with van der Waals surface area (Å²) in [6.45, 7) is 9.06. The van der Waals surface area contributed by atoms with E-state index in [1.165, 1.54) is 4.90 Å². The summed E-state index contributed by atoms with van der Waals surface area (Å²) in [6, 6.07) is 12.1. The van der Waals surface area contributed by atoms with Gasteiger partial charge >= 0.3 is 11.9 Å². The fourth-order valence-electron chi connectivity index (χ4n) is 3.07. The quantitative estimate of drug-likeness (QED) is 0.139. The first-order valence-corrected chi connectivity index (χ1v) is 10.7. The van der Waals surface area contributed by atoms with Crippen LogP contribution < -0.4 is 10.5 Å². The third-order valence-electron chi connectivity index (χ3n) is 4.92. The van der Waals surface area contributed by atoms with Crippen molar-refractivity contribution >= 4 is 29.8 Å². The number of amidine groups is 1. The van der Waals surface area contributed by atoms with Gasteiger partial charge in [0.25, 0.3) is 5.91 Å². The van der Waals surface area contributed by atoms with E-state index in [1.54, 1.807) is 81.5 Å². The van der Waals surface area contributed by atoms with Crippen LogP contribution in [0.3, 0.4) is 0 Å². The predicted octanol–water partition coefficient (Wildman–Crippen LogP) is 3.56. The highest BCUT2D eigenvalue weighted by Gasteiger charge is 2.26. The van der Waals surface area contributed by atoms with Crippen molar-refractivity contribution in [1.82, 2.24) is 4.90 Å². The van der Waals surface area contributed by atoms with Gasteiger partial charge in [-0.2, -0.15) is 0 Å². The Morgan fingerprint density at radius 3 is 2.21 bits per heavy atom. The first-order valence-electron chi connectivity index (χ1n) is 10.7. The highest BCUT2D eigenvalue weighted by molar-refractivity contribution is 5.99. The van der Waals surface area contributed by atoms with Crippen molar-refractivity contribution in [2.45, 2.75) is 26.8 Å². The maximum atomic E-state index is 12.9. The van der Waals surface area contributed by atoms with Crippen molar-refractivity contribution in [1.29, 1.82) is 5.41 Å². The van der Waals surface area contributed by atoms with Crippen LogP contribution in [0.25, 0.3) is 6.08 Å². The lowest BCUT2D eigenvalue weighted by atomic mass is 10.1. The lowest BCUT2D eigenvalue weighted by Crippen LogP contribution is -2.44. The molecular weight excluding hydrogens is 434 g/mol. The summed E-state index contributed by atoms with van der Waals surface area (Å²) in [5, 5.41) is 7.39. The van der Waals surface area contributed by atoms with Crippen molar-refractivity contribution in [2.24, 2.45) is 5.73 Å². The Bertz CT molecular complexity index is 1090. The molecule has 8 heteroatoms. The Labute approximate surface area is 199 Å². The first-order chi connectivity index (χ1) is 16.2. The van der Waals surface area contributed by atoms with Crippen molar-refractivity contribution in [3.8, 4) is 5.75 Å². The molecule has 3 N–H and O–H groups in total. The van der Waals surface area contributed by atoms with E-state index in [4.69, 9.17) is 20.6 Å². The maximum Gasteiger partial charge on any atom is 0.343 e. The number of hydrogen-bond acceptors (Lipinski definition) is 6. The number of esters is 2. The third kappa shape index (κ3) is 6.90. The molecule has 2 aromatic carbocycles. The van der Waals surface area contributed by atoms with Crippen LogP contribution in [0.1, 0.15) is 42.3 Å². The number of benzene rings is 2. The normalized spacial score (nSPS) is 11.8. The smallest absolute Gasteiger partial charge is 0.343 e. The summed E-state index contributed by atoms with van der Waals surface area (Å²) >= 11 is 0. The monoisotopic (exact) mass is 463 g/mol. The summed E-state index contributed by atoms with van der Waals surface area (Å²) in [5.41, 5.74) is 7.40. The van der Waals surface area contributed by atoms with Crippen LogP contribution in [0.15, 0.2) is 66.8 Å². The second-order valence-electron chi connectivity index (χ2n) is 7.45. The molecule has 1 amide bonds. The SMILES string of the molecule is C=CCN(C(=O)C(C)=Cc1ccc(C(=O)Oc2ccc(C(=N)N)cc2)cc1)[C@@H](C)C(=O)OCC. The van der Waals surface area contributed by atoms with E-state index >= 15 is 0 Å². The van der Waals surface area contributed by atoms with Crippen molar-refractivity contribution in [3.05, 3.63) is 83.4 Å². The molecule has 0 aromatic heterocycles. The number of nitrogens with two attached hydrogens (primary N) is 1. The summed E-state index contributed by atoms with van der Waals surface area (Å²) in [5.74, 6) is -1.08. The molecule has 178 valence electrons. The minimum absolute atomic E-state index is 0.0711. The number of nitrogen functional groups attached to an aromatic ring is 1. The summed E-state index contributed by atoms with van der Waals surface area (Å²) in [7, 11) is 0. The summed E-state index contributed by atoms with van der Waals surface area (Å²) in [6.07, 6.45) is 3.22. The topological polar surface area (TPSA) is 123 Å². The van der Waals surface area contributed by atoms with Crippen molar-refractivity contribution < 1.29 is 23.9 Å². The van der Waals surface area contributed by atoms with Gasteiger partial charge in [-0.3, -0.25) is 10.2 Å². The van der Waals surface area contributed by atoms with Gasteiger partial charge in [-0.25, -0.2) is 9.59 Å². The Morgan fingerprint density at radius 1 is 1.09 bits per heavy atom. The Morgan fingerprint density at radius 2 is 1.68 bits per heavy atom. The van der Waals surface area contributed by atoms with E-state index in [0.717, 1.165) is 0 Å². The number of carbonyl (C=O) groups excluding carboxylic acids is 3. The van der Waals surface area contributed by atoms with Gasteiger partial charge in [-0.05, 0) is 68.8 Å². The van der Waals surface area contributed by atoms with Gasteiger partial charge in [-0.15, -0.1) is 6.58 Å². The lowest BCUT2D eigenvalue weighted by Gasteiger charge is -2.27. The van der Waals surface area contributed by atoms with E-state index in [-0.39, 0.29) is 24.9 Å². The third-order valence-corrected chi connectivity index (χ3v) is 4.92.